The van der Waals surface area contributed by atoms with Gasteiger partial charge in [0.05, 0.1) is 6.54 Å². The average molecular weight is 235 g/mol. The van der Waals surface area contributed by atoms with E-state index in [-0.39, 0.29) is 19.2 Å². The number of carbonyl (C=O) groups is 2. The third-order valence-electron chi connectivity index (χ3n) is 2.75. The number of ether oxygens (including phenoxy) is 1. The summed E-state index contributed by atoms with van der Waals surface area (Å²) in [6.07, 6.45) is -0.941. The van der Waals surface area contributed by atoms with Crippen molar-refractivity contribution in [3.63, 3.8) is 0 Å². The molecule has 1 aliphatic heterocycles. The van der Waals surface area contributed by atoms with Gasteiger partial charge in [-0.05, 0) is 18.1 Å². The first-order valence-corrected chi connectivity index (χ1v) is 5.31. The van der Waals surface area contributed by atoms with Gasteiger partial charge in [-0.25, -0.2) is 4.79 Å². The van der Waals surface area contributed by atoms with Crippen LogP contribution >= 0.6 is 0 Å². The first-order chi connectivity index (χ1) is 8.08. The van der Waals surface area contributed by atoms with Crippen molar-refractivity contribution < 1.29 is 19.4 Å². The smallest absolute Gasteiger partial charge is 0.411 e. The van der Waals surface area contributed by atoms with Crippen LogP contribution in [0.15, 0.2) is 24.3 Å². The van der Waals surface area contributed by atoms with Crippen molar-refractivity contribution in [1.29, 1.82) is 0 Å². The number of hydrogen-bond acceptors (Lipinski definition) is 3. The van der Waals surface area contributed by atoms with Crippen LogP contribution in [0.1, 0.15) is 17.2 Å². The van der Waals surface area contributed by atoms with E-state index in [2.05, 4.69) is 0 Å². The highest BCUT2D eigenvalue weighted by molar-refractivity contribution is 5.78. The van der Waals surface area contributed by atoms with E-state index < -0.39 is 12.1 Å². The van der Waals surface area contributed by atoms with E-state index in [0.717, 1.165) is 11.1 Å². The Kier molecular flexibility index (Phi) is 2.99. The van der Waals surface area contributed by atoms with Crippen LogP contribution in [0.25, 0.3) is 0 Å². The van der Waals surface area contributed by atoms with Gasteiger partial charge in [-0.15, -0.1) is 0 Å². The van der Waals surface area contributed by atoms with Crippen LogP contribution < -0.4 is 0 Å². The zero-order chi connectivity index (χ0) is 12.4. The summed E-state index contributed by atoms with van der Waals surface area (Å²) in [5, 5.41) is 8.65. The molecule has 2 rings (SSSR count). The third-order valence-corrected chi connectivity index (χ3v) is 2.75. The van der Waals surface area contributed by atoms with Gasteiger partial charge in [-0.3, -0.25) is 9.69 Å². The van der Waals surface area contributed by atoms with Gasteiger partial charge in [0.25, 0.3) is 0 Å². The molecule has 1 aliphatic rings. The Morgan fingerprint density at radius 1 is 1.53 bits per heavy atom. The van der Waals surface area contributed by atoms with Gasteiger partial charge in [0, 0.05) is 0 Å². The van der Waals surface area contributed by atoms with Crippen LogP contribution in [-0.2, 0) is 9.53 Å². The minimum atomic E-state index is -1.03. The molecule has 1 heterocycles. The van der Waals surface area contributed by atoms with Gasteiger partial charge < -0.3 is 9.84 Å². The van der Waals surface area contributed by atoms with Gasteiger partial charge in [-0.2, -0.15) is 0 Å². The minimum absolute atomic E-state index is 0.288. The topological polar surface area (TPSA) is 66.8 Å². The number of cyclic esters (lactones) is 1. The van der Waals surface area contributed by atoms with Gasteiger partial charge >= 0.3 is 12.1 Å². The van der Waals surface area contributed by atoms with E-state index in [1.165, 1.54) is 4.90 Å². The second kappa shape index (κ2) is 4.45. The molecule has 0 aromatic heterocycles. The summed E-state index contributed by atoms with van der Waals surface area (Å²) >= 11 is 0. The van der Waals surface area contributed by atoms with Crippen LogP contribution in [0, 0.1) is 6.92 Å². The molecule has 90 valence electrons. The Morgan fingerprint density at radius 3 is 2.88 bits per heavy atom. The molecule has 0 radical (unpaired) electrons. The van der Waals surface area contributed by atoms with E-state index in [9.17, 15) is 9.59 Å². The number of carbonyl (C=O) groups excluding carboxylic acids is 1. The summed E-state index contributed by atoms with van der Waals surface area (Å²) in [4.78, 5) is 23.2. The number of benzene rings is 1. The first-order valence-electron chi connectivity index (χ1n) is 5.31. The monoisotopic (exact) mass is 235 g/mol. The largest absolute Gasteiger partial charge is 0.480 e. The molecule has 1 N–H and O–H groups in total. The van der Waals surface area contributed by atoms with Crippen molar-refractivity contribution in [2.75, 3.05) is 13.1 Å². The third kappa shape index (κ3) is 2.38. The van der Waals surface area contributed by atoms with Crippen LogP contribution in [0.2, 0.25) is 0 Å². The SMILES string of the molecule is Cc1ccccc1C1CN(CC(=O)O)C(=O)O1. The molecule has 1 saturated heterocycles. The predicted molar refractivity (Wildman–Crippen MR) is 59.6 cm³/mol. The molecule has 5 heteroatoms. The summed E-state index contributed by atoms with van der Waals surface area (Å²) in [7, 11) is 0. The lowest BCUT2D eigenvalue weighted by atomic mass is 10.0. The number of aliphatic carboxylic acids is 1. The number of carboxylic acid groups (broad SMARTS) is 1. The average Bonchev–Trinajstić information content (AvgIpc) is 2.60. The molecule has 0 aliphatic carbocycles. The van der Waals surface area contributed by atoms with Crippen LogP contribution in [-0.4, -0.2) is 35.2 Å². The molecule has 17 heavy (non-hydrogen) atoms. The zero-order valence-electron chi connectivity index (χ0n) is 9.42. The minimum Gasteiger partial charge on any atom is -0.480 e. The molecule has 1 amide bonds. The quantitative estimate of drug-likeness (QED) is 0.863. The Bertz CT molecular complexity index is 458. The molecule has 1 aromatic rings. The number of amides is 1. The van der Waals surface area contributed by atoms with Gasteiger partial charge in [0.1, 0.15) is 12.6 Å². The van der Waals surface area contributed by atoms with E-state index in [4.69, 9.17) is 9.84 Å². The predicted octanol–water partition coefficient (Wildman–Crippen LogP) is 1.57. The second-order valence-corrected chi connectivity index (χ2v) is 4.00. The standard InChI is InChI=1S/C12H13NO4/c1-8-4-2-3-5-9(8)10-6-13(7-11(14)15)12(16)17-10/h2-5,10H,6-7H2,1H3,(H,14,15). The molecule has 1 aromatic carbocycles. The van der Waals surface area contributed by atoms with Crippen molar-refractivity contribution >= 4 is 12.1 Å². The normalized spacial score (nSPS) is 19.2. The summed E-state index contributed by atoms with van der Waals surface area (Å²) in [6.45, 7) is 1.90. The van der Waals surface area contributed by atoms with Crippen molar-refractivity contribution in [2.24, 2.45) is 0 Å². The molecule has 1 unspecified atom stereocenters. The summed E-state index contributed by atoms with van der Waals surface area (Å²) in [5.74, 6) is -1.03. The van der Waals surface area contributed by atoms with Crippen LogP contribution in [0.4, 0.5) is 4.79 Å². The van der Waals surface area contributed by atoms with Crippen molar-refractivity contribution in [1.82, 2.24) is 4.90 Å². The highest BCUT2D eigenvalue weighted by Crippen LogP contribution is 2.27. The van der Waals surface area contributed by atoms with Crippen molar-refractivity contribution in [3.05, 3.63) is 35.4 Å². The molecule has 0 spiro atoms. The lowest BCUT2D eigenvalue weighted by Crippen LogP contribution is -2.30. The Balaban J connectivity index is 2.14. The van der Waals surface area contributed by atoms with E-state index in [1.54, 1.807) is 0 Å². The fourth-order valence-electron chi connectivity index (χ4n) is 1.91. The maximum atomic E-state index is 11.4. The molecule has 5 nitrogen and oxygen atoms in total. The lowest BCUT2D eigenvalue weighted by molar-refractivity contribution is -0.137. The van der Waals surface area contributed by atoms with Gasteiger partial charge in [0.2, 0.25) is 0 Å². The molecule has 1 atom stereocenters. The molecular weight excluding hydrogens is 222 g/mol. The first kappa shape index (κ1) is 11.4. The number of nitrogens with zero attached hydrogens (tertiary/aromatic N) is 1. The Labute approximate surface area is 98.6 Å². The Morgan fingerprint density at radius 2 is 2.24 bits per heavy atom. The van der Waals surface area contributed by atoms with Crippen LogP contribution in [0.5, 0.6) is 0 Å². The van der Waals surface area contributed by atoms with Crippen molar-refractivity contribution in [3.8, 4) is 0 Å². The summed E-state index contributed by atoms with van der Waals surface area (Å²) in [6, 6.07) is 7.60. The number of carboxylic acids is 1. The molecule has 1 fully saturated rings. The zero-order valence-corrected chi connectivity index (χ0v) is 9.42. The Hall–Kier alpha value is -2.04. The lowest BCUT2D eigenvalue weighted by Gasteiger charge is -2.11. The molecule has 0 saturated carbocycles. The maximum Gasteiger partial charge on any atom is 0.411 e. The van der Waals surface area contributed by atoms with Gasteiger partial charge in [0.15, 0.2) is 0 Å². The fourth-order valence-corrected chi connectivity index (χ4v) is 1.91. The summed E-state index contributed by atoms with van der Waals surface area (Å²) < 4.78 is 5.17. The molecule has 0 bridgehead atoms. The highest BCUT2D eigenvalue weighted by Gasteiger charge is 2.33. The number of hydrogen-bond donors (Lipinski definition) is 1. The van der Waals surface area contributed by atoms with Crippen LogP contribution in [0.3, 0.4) is 0 Å². The fraction of sp³-hybridized carbons (Fsp3) is 0.333. The van der Waals surface area contributed by atoms with E-state index in [1.807, 2.05) is 31.2 Å². The van der Waals surface area contributed by atoms with Crippen molar-refractivity contribution in [2.45, 2.75) is 13.0 Å². The van der Waals surface area contributed by atoms with Gasteiger partial charge in [-0.1, -0.05) is 24.3 Å². The second-order valence-electron chi connectivity index (χ2n) is 4.00. The number of aryl methyl sites for hydroxylation is 1. The van der Waals surface area contributed by atoms with E-state index >= 15 is 0 Å². The maximum absolute atomic E-state index is 11.4. The molecular formula is C12H13NO4. The highest BCUT2D eigenvalue weighted by atomic mass is 16.6. The summed E-state index contributed by atoms with van der Waals surface area (Å²) in [5.41, 5.74) is 1.95. The number of rotatable bonds is 3. The van der Waals surface area contributed by atoms with E-state index in [0.29, 0.717) is 0 Å².